The average molecular weight is 327 g/mol. The molecule has 1 fully saturated rings. The van der Waals surface area contributed by atoms with Gasteiger partial charge in [0.2, 0.25) is 5.91 Å². The number of amides is 1. The monoisotopic (exact) mass is 326 g/mol. The summed E-state index contributed by atoms with van der Waals surface area (Å²) in [5.74, 6) is 0.450. The second-order valence-corrected chi connectivity index (χ2v) is 6.81. The molecule has 1 aromatic rings. The van der Waals surface area contributed by atoms with Gasteiger partial charge < -0.3 is 10.6 Å². The van der Waals surface area contributed by atoms with E-state index in [-0.39, 0.29) is 17.6 Å². The standard InChI is InChI=1S/C17H24ClFN2O/c1-10-5-4-6-15(11(10)2)20-12(3)17(22)21-16-8-7-13(18)9-14(16)19/h7-12,15,20H,4-6H2,1-3H3,(H,21,22). The van der Waals surface area contributed by atoms with Gasteiger partial charge in [-0.15, -0.1) is 0 Å². The van der Waals surface area contributed by atoms with Gasteiger partial charge in [-0.3, -0.25) is 4.79 Å². The summed E-state index contributed by atoms with van der Waals surface area (Å²) in [6.45, 7) is 6.30. The second-order valence-electron chi connectivity index (χ2n) is 6.38. The van der Waals surface area contributed by atoms with Crippen LogP contribution < -0.4 is 10.6 Å². The summed E-state index contributed by atoms with van der Waals surface area (Å²) in [6, 6.07) is 4.20. The van der Waals surface area contributed by atoms with Gasteiger partial charge in [0.05, 0.1) is 11.7 Å². The van der Waals surface area contributed by atoms with Crippen LogP contribution in [0.1, 0.15) is 40.0 Å². The molecule has 0 aromatic heterocycles. The lowest BCUT2D eigenvalue weighted by Crippen LogP contribution is -2.49. The van der Waals surface area contributed by atoms with E-state index < -0.39 is 5.82 Å². The molecule has 2 N–H and O–H groups in total. The molecule has 2 rings (SSSR count). The van der Waals surface area contributed by atoms with Crippen LogP contribution in [0.5, 0.6) is 0 Å². The Labute approximate surface area is 136 Å². The fourth-order valence-electron chi connectivity index (χ4n) is 3.05. The zero-order valence-electron chi connectivity index (χ0n) is 13.3. The molecule has 1 aliphatic carbocycles. The van der Waals surface area contributed by atoms with E-state index >= 15 is 0 Å². The second kappa shape index (κ2) is 7.42. The predicted octanol–water partition coefficient (Wildman–Crippen LogP) is 4.22. The lowest BCUT2D eigenvalue weighted by molar-refractivity contribution is -0.118. The van der Waals surface area contributed by atoms with E-state index in [0.29, 0.717) is 22.9 Å². The first kappa shape index (κ1) is 17.2. The van der Waals surface area contributed by atoms with E-state index in [1.165, 1.54) is 25.0 Å². The maximum Gasteiger partial charge on any atom is 0.241 e. The SMILES string of the molecule is CC(NC1CCCC(C)C1C)C(=O)Nc1ccc(Cl)cc1F. The third-order valence-corrected chi connectivity index (χ3v) is 4.99. The number of halogens is 2. The van der Waals surface area contributed by atoms with Crippen molar-refractivity contribution in [3.63, 3.8) is 0 Å². The van der Waals surface area contributed by atoms with E-state index in [1.54, 1.807) is 6.07 Å². The number of benzene rings is 1. The molecular weight excluding hydrogens is 303 g/mol. The molecule has 0 bridgehead atoms. The number of carbonyl (C=O) groups excluding carboxylic acids is 1. The fourth-order valence-corrected chi connectivity index (χ4v) is 3.20. The minimum absolute atomic E-state index is 0.160. The number of carbonyl (C=O) groups is 1. The molecule has 5 heteroatoms. The van der Waals surface area contributed by atoms with Gasteiger partial charge in [0.1, 0.15) is 5.82 Å². The van der Waals surface area contributed by atoms with Crippen LogP contribution in [0.25, 0.3) is 0 Å². The summed E-state index contributed by atoms with van der Waals surface area (Å²) in [6.07, 6.45) is 3.51. The Bertz CT molecular complexity index is 537. The summed E-state index contributed by atoms with van der Waals surface area (Å²) >= 11 is 5.71. The highest BCUT2D eigenvalue weighted by Crippen LogP contribution is 2.29. The highest BCUT2D eigenvalue weighted by atomic mass is 35.5. The van der Waals surface area contributed by atoms with Crippen LogP contribution >= 0.6 is 11.6 Å². The Morgan fingerprint density at radius 1 is 1.36 bits per heavy atom. The van der Waals surface area contributed by atoms with E-state index in [4.69, 9.17) is 11.6 Å². The molecule has 1 saturated carbocycles. The number of nitrogens with one attached hydrogen (secondary N) is 2. The van der Waals surface area contributed by atoms with Crippen molar-refractivity contribution in [2.45, 2.75) is 52.1 Å². The molecule has 1 aromatic carbocycles. The molecule has 4 unspecified atom stereocenters. The maximum atomic E-state index is 13.7. The van der Waals surface area contributed by atoms with Crippen LogP contribution in [0.2, 0.25) is 5.02 Å². The third-order valence-electron chi connectivity index (χ3n) is 4.75. The Morgan fingerprint density at radius 3 is 2.77 bits per heavy atom. The quantitative estimate of drug-likeness (QED) is 0.869. The Balaban J connectivity index is 1.94. The summed E-state index contributed by atoms with van der Waals surface area (Å²) in [5, 5.41) is 6.32. The first-order chi connectivity index (χ1) is 10.4. The number of rotatable bonds is 4. The van der Waals surface area contributed by atoms with Crippen LogP contribution in [0.3, 0.4) is 0 Å². The molecule has 1 aliphatic rings. The lowest BCUT2D eigenvalue weighted by atomic mass is 9.78. The number of hydrogen-bond donors (Lipinski definition) is 2. The molecule has 4 atom stereocenters. The van der Waals surface area contributed by atoms with E-state index in [9.17, 15) is 9.18 Å². The van der Waals surface area contributed by atoms with Gasteiger partial charge in [-0.2, -0.15) is 0 Å². The van der Waals surface area contributed by atoms with Crippen LogP contribution in [-0.2, 0) is 4.79 Å². The van der Waals surface area contributed by atoms with Gasteiger partial charge in [0.25, 0.3) is 0 Å². The highest BCUT2D eigenvalue weighted by molar-refractivity contribution is 6.30. The van der Waals surface area contributed by atoms with Crippen molar-refractivity contribution in [1.82, 2.24) is 5.32 Å². The molecule has 0 spiro atoms. The van der Waals surface area contributed by atoms with Crippen molar-refractivity contribution in [3.05, 3.63) is 29.0 Å². The molecule has 0 heterocycles. The zero-order valence-corrected chi connectivity index (χ0v) is 14.1. The van der Waals surface area contributed by atoms with Crippen molar-refractivity contribution in [1.29, 1.82) is 0 Å². The molecule has 0 saturated heterocycles. The van der Waals surface area contributed by atoms with Gasteiger partial charge >= 0.3 is 0 Å². The number of hydrogen-bond acceptors (Lipinski definition) is 2. The third kappa shape index (κ3) is 4.20. The molecule has 22 heavy (non-hydrogen) atoms. The lowest BCUT2D eigenvalue weighted by Gasteiger charge is -2.36. The summed E-state index contributed by atoms with van der Waals surface area (Å²) in [7, 11) is 0. The summed E-state index contributed by atoms with van der Waals surface area (Å²) < 4.78 is 13.7. The summed E-state index contributed by atoms with van der Waals surface area (Å²) in [5.41, 5.74) is 0.160. The molecule has 1 amide bonds. The zero-order chi connectivity index (χ0) is 16.3. The normalized spacial score (nSPS) is 26.5. The number of anilines is 1. The van der Waals surface area contributed by atoms with Crippen molar-refractivity contribution in [2.75, 3.05) is 5.32 Å². The maximum absolute atomic E-state index is 13.7. The van der Waals surface area contributed by atoms with Gasteiger partial charge in [-0.1, -0.05) is 38.3 Å². The fraction of sp³-hybridized carbons (Fsp3) is 0.588. The minimum atomic E-state index is -0.521. The first-order valence-corrected chi connectivity index (χ1v) is 8.28. The van der Waals surface area contributed by atoms with Gasteiger partial charge in [0, 0.05) is 11.1 Å². The topological polar surface area (TPSA) is 41.1 Å². The van der Waals surface area contributed by atoms with Crippen molar-refractivity contribution >= 4 is 23.2 Å². The highest BCUT2D eigenvalue weighted by Gasteiger charge is 2.29. The Morgan fingerprint density at radius 2 is 2.09 bits per heavy atom. The van der Waals surface area contributed by atoms with Crippen molar-refractivity contribution in [3.8, 4) is 0 Å². The van der Waals surface area contributed by atoms with Crippen LogP contribution in [0.4, 0.5) is 10.1 Å². The van der Waals surface area contributed by atoms with Crippen molar-refractivity contribution < 1.29 is 9.18 Å². The molecule has 0 aliphatic heterocycles. The van der Waals surface area contributed by atoms with Crippen LogP contribution in [0.15, 0.2) is 18.2 Å². The molecule has 122 valence electrons. The predicted molar refractivity (Wildman–Crippen MR) is 88.6 cm³/mol. The van der Waals surface area contributed by atoms with E-state index in [0.717, 1.165) is 6.42 Å². The van der Waals surface area contributed by atoms with Gasteiger partial charge in [-0.25, -0.2) is 4.39 Å². The Kier molecular flexibility index (Phi) is 5.81. The van der Waals surface area contributed by atoms with Crippen molar-refractivity contribution in [2.24, 2.45) is 11.8 Å². The largest absolute Gasteiger partial charge is 0.322 e. The van der Waals surface area contributed by atoms with Gasteiger partial charge in [-0.05, 0) is 43.4 Å². The van der Waals surface area contributed by atoms with E-state index in [1.807, 2.05) is 6.92 Å². The van der Waals surface area contributed by atoms with E-state index in [2.05, 4.69) is 24.5 Å². The molecule has 0 radical (unpaired) electrons. The average Bonchev–Trinajstić information content (AvgIpc) is 2.46. The molecule has 3 nitrogen and oxygen atoms in total. The Hall–Kier alpha value is -1.13. The summed E-state index contributed by atoms with van der Waals surface area (Å²) in [4.78, 5) is 12.2. The van der Waals surface area contributed by atoms with Gasteiger partial charge in [0.15, 0.2) is 0 Å². The van der Waals surface area contributed by atoms with Crippen LogP contribution in [-0.4, -0.2) is 18.0 Å². The smallest absolute Gasteiger partial charge is 0.241 e. The molecular formula is C17H24ClFN2O. The minimum Gasteiger partial charge on any atom is -0.322 e. The van der Waals surface area contributed by atoms with Crippen LogP contribution in [0, 0.1) is 17.7 Å². The first-order valence-electron chi connectivity index (χ1n) is 7.90.